The molecule has 4 fully saturated rings. The van der Waals surface area contributed by atoms with Gasteiger partial charge in [-0.2, -0.15) is 0 Å². The van der Waals surface area contributed by atoms with Gasteiger partial charge in [0.2, 0.25) is 0 Å². The van der Waals surface area contributed by atoms with Crippen LogP contribution in [0.5, 0.6) is 0 Å². The number of carbonyl (C=O) groups is 2. The van der Waals surface area contributed by atoms with E-state index in [1.807, 2.05) is 6.08 Å². The average molecular weight is 385 g/mol. The van der Waals surface area contributed by atoms with E-state index in [-0.39, 0.29) is 23.5 Å². The molecule has 2 N–H and O–H groups in total. The van der Waals surface area contributed by atoms with E-state index in [1.54, 1.807) is 0 Å². The van der Waals surface area contributed by atoms with Crippen molar-refractivity contribution >= 4 is 11.8 Å². The minimum absolute atomic E-state index is 0.0621. The van der Waals surface area contributed by atoms with Crippen LogP contribution in [0.1, 0.15) is 64.7 Å². The summed E-state index contributed by atoms with van der Waals surface area (Å²) in [6, 6.07) is 0. The first-order chi connectivity index (χ1) is 13.3. The van der Waals surface area contributed by atoms with Gasteiger partial charge in [0.25, 0.3) is 0 Å². The van der Waals surface area contributed by atoms with Crippen molar-refractivity contribution in [2.45, 2.75) is 70.3 Å². The molecule has 0 aromatic rings. The van der Waals surface area contributed by atoms with Crippen LogP contribution in [-0.2, 0) is 9.59 Å². The Morgan fingerprint density at radius 1 is 1.29 bits per heavy atom. The van der Waals surface area contributed by atoms with E-state index >= 15 is 0 Å². The lowest BCUT2D eigenvalue weighted by Crippen LogP contribution is -2.56. The zero-order chi connectivity index (χ0) is 19.8. The molecule has 4 nitrogen and oxygen atoms in total. The predicted molar refractivity (Wildman–Crippen MR) is 105 cm³/mol. The summed E-state index contributed by atoms with van der Waals surface area (Å²) in [6.07, 6.45) is 8.97. The van der Waals surface area contributed by atoms with E-state index in [0.717, 1.165) is 44.1 Å². The Balaban J connectivity index is 1.50. The second-order valence-electron chi connectivity index (χ2n) is 10.2. The van der Waals surface area contributed by atoms with Gasteiger partial charge in [-0.15, -0.1) is 0 Å². The Labute approximate surface area is 167 Å². The smallest absolute Gasteiger partial charge is 0.303 e. The third kappa shape index (κ3) is 2.27. The molecule has 0 aromatic carbocycles. The maximum absolute atomic E-state index is 12.0. The molecule has 0 saturated heterocycles. The van der Waals surface area contributed by atoms with E-state index in [0.29, 0.717) is 42.4 Å². The molecular weight excluding hydrogens is 352 g/mol. The maximum atomic E-state index is 12.0. The number of aliphatic carboxylic acids is 1. The summed E-state index contributed by atoms with van der Waals surface area (Å²) in [4.78, 5) is 23.2. The van der Waals surface area contributed by atoms with Gasteiger partial charge >= 0.3 is 5.97 Å². The van der Waals surface area contributed by atoms with Crippen LogP contribution in [0, 0.1) is 40.9 Å². The number of hydrogen-bond acceptors (Lipinski definition) is 3. The third-order valence-corrected chi connectivity index (χ3v) is 9.53. The molecule has 5 rings (SSSR count). The number of carboxylic acids is 1. The van der Waals surface area contributed by atoms with E-state index in [2.05, 4.69) is 13.5 Å². The highest BCUT2D eigenvalue weighted by atomic mass is 16.4. The van der Waals surface area contributed by atoms with Gasteiger partial charge in [-0.05, 0) is 92.1 Å². The Kier molecular flexibility index (Phi) is 4.01. The summed E-state index contributed by atoms with van der Waals surface area (Å²) in [7, 11) is 0. The molecule has 0 heterocycles. The molecule has 4 heteroatoms. The number of carbonyl (C=O) groups excluding carboxylic acids is 1. The Bertz CT molecular complexity index is 781. The Morgan fingerprint density at radius 3 is 2.79 bits per heavy atom. The molecule has 5 aliphatic carbocycles. The molecule has 0 aromatic heterocycles. The highest BCUT2D eigenvalue weighted by Gasteiger charge is 2.76. The topological polar surface area (TPSA) is 74.6 Å². The van der Waals surface area contributed by atoms with Crippen molar-refractivity contribution in [3.05, 3.63) is 23.8 Å². The van der Waals surface area contributed by atoms with Gasteiger partial charge in [0.05, 0.1) is 5.60 Å². The number of fused-ring (bicyclic) bond motifs is 7. The molecule has 28 heavy (non-hydrogen) atoms. The van der Waals surface area contributed by atoms with Crippen LogP contribution < -0.4 is 0 Å². The molecule has 5 aliphatic rings. The molecule has 4 saturated carbocycles. The fourth-order valence-electron chi connectivity index (χ4n) is 8.49. The first-order valence-electron chi connectivity index (χ1n) is 11.2. The van der Waals surface area contributed by atoms with Crippen LogP contribution in [0.15, 0.2) is 23.8 Å². The summed E-state index contributed by atoms with van der Waals surface area (Å²) in [5.74, 6) is 2.35. The standard InChI is InChI=1S/C24H32O4/c1-3-23-8-6-16-15-5-4-14(25)11-17(15)13(2)10-18(16)22(23)19-12-20(19)24(23,28)9-7-21(26)27/h11,15-16,18-20,22,28H,2-10,12H2,1H3,(H,26,27)/t15-,16-,18-,19+,20-,22-,23+,24+/m1/s1. The molecule has 0 amide bonds. The minimum Gasteiger partial charge on any atom is -0.481 e. The maximum Gasteiger partial charge on any atom is 0.303 e. The van der Waals surface area contributed by atoms with Crippen molar-refractivity contribution in [3.8, 4) is 0 Å². The first-order valence-corrected chi connectivity index (χ1v) is 11.2. The normalized spacial score (nSPS) is 48.9. The summed E-state index contributed by atoms with van der Waals surface area (Å²) >= 11 is 0. The van der Waals surface area contributed by atoms with E-state index < -0.39 is 11.6 Å². The van der Waals surface area contributed by atoms with Gasteiger partial charge in [0.1, 0.15) is 0 Å². The van der Waals surface area contributed by atoms with Crippen molar-refractivity contribution in [1.82, 2.24) is 0 Å². The van der Waals surface area contributed by atoms with Gasteiger partial charge in [-0.1, -0.05) is 19.1 Å². The molecule has 0 unspecified atom stereocenters. The van der Waals surface area contributed by atoms with Gasteiger partial charge in [0.15, 0.2) is 5.78 Å². The summed E-state index contributed by atoms with van der Waals surface area (Å²) in [5, 5.41) is 21.1. The van der Waals surface area contributed by atoms with E-state index in [9.17, 15) is 19.8 Å². The lowest BCUT2D eigenvalue weighted by molar-refractivity contribution is -0.160. The molecule has 0 aliphatic heterocycles. The monoisotopic (exact) mass is 384 g/mol. The SMILES string of the molecule is C=C1C[C@@H]2[C@H](CC[C@@]3(CC)[C@H]2[C@H]2C[C@H]2[C@@]3(O)CCC(=O)O)[C@H]2CCC(=O)C=C12. The lowest BCUT2D eigenvalue weighted by Gasteiger charge is -2.58. The van der Waals surface area contributed by atoms with Crippen molar-refractivity contribution < 1.29 is 19.8 Å². The number of allylic oxidation sites excluding steroid dienone is 2. The molecule has 0 bridgehead atoms. The van der Waals surface area contributed by atoms with Gasteiger partial charge in [-0.3, -0.25) is 9.59 Å². The minimum atomic E-state index is -0.819. The van der Waals surface area contributed by atoms with Crippen molar-refractivity contribution in [3.63, 3.8) is 0 Å². The average Bonchev–Trinajstić information content (AvgIpc) is 3.42. The molecule has 152 valence electrons. The lowest BCUT2D eigenvalue weighted by atomic mass is 9.47. The van der Waals surface area contributed by atoms with Gasteiger partial charge in [-0.25, -0.2) is 0 Å². The zero-order valence-corrected chi connectivity index (χ0v) is 16.8. The molecule has 0 radical (unpaired) electrons. The number of rotatable bonds is 4. The highest BCUT2D eigenvalue weighted by molar-refractivity contribution is 5.92. The third-order valence-electron chi connectivity index (χ3n) is 9.53. The zero-order valence-electron chi connectivity index (χ0n) is 16.8. The van der Waals surface area contributed by atoms with Crippen molar-refractivity contribution in [2.24, 2.45) is 40.9 Å². The van der Waals surface area contributed by atoms with Crippen LogP contribution in [0.3, 0.4) is 0 Å². The van der Waals surface area contributed by atoms with Crippen LogP contribution in [0.2, 0.25) is 0 Å². The number of carboxylic acid groups (broad SMARTS) is 1. The molecular formula is C24H32O4. The van der Waals surface area contributed by atoms with Gasteiger partial charge in [0, 0.05) is 18.3 Å². The largest absolute Gasteiger partial charge is 0.481 e. The fourth-order valence-corrected chi connectivity index (χ4v) is 8.49. The predicted octanol–water partition coefficient (Wildman–Crippen LogP) is 4.14. The summed E-state index contributed by atoms with van der Waals surface area (Å²) in [5.41, 5.74) is 1.40. The first kappa shape index (κ1) is 18.6. The van der Waals surface area contributed by atoms with Crippen molar-refractivity contribution in [2.75, 3.05) is 0 Å². The number of ketones is 1. The Hall–Kier alpha value is -1.42. The number of aliphatic hydroxyl groups is 1. The second kappa shape index (κ2) is 6.04. The van der Waals surface area contributed by atoms with Gasteiger partial charge < -0.3 is 10.2 Å². The molecule has 0 spiro atoms. The van der Waals surface area contributed by atoms with E-state index in [1.165, 1.54) is 5.57 Å². The number of hydrogen-bond donors (Lipinski definition) is 2. The van der Waals surface area contributed by atoms with Crippen LogP contribution in [0.25, 0.3) is 0 Å². The Morgan fingerprint density at radius 2 is 2.07 bits per heavy atom. The molecule has 8 atom stereocenters. The van der Waals surface area contributed by atoms with Crippen LogP contribution >= 0.6 is 0 Å². The van der Waals surface area contributed by atoms with Crippen LogP contribution in [0.4, 0.5) is 0 Å². The summed E-state index contributed by atoms with van der Waals surface area (Å²) < 4.78 is 0. The van der Waals surface area contributed by atoms with Crippen LogP contribution in [-0.4, -0.2) is 27.6 Å². The van der Waals surface area contributed by atoms with Crippen molar-refractivity contribution in [1.29, 1.82) is 0 Å². The van der Waals surface area contributed by atoms with E-state index in [4.69, 9.17) is 0 Å². The summed E-state index contributed by atoms with van der Waals surface area (Å²) in [6.45, 7) is 6.56. The quantitative estimate of drug-likeness (QED) is 0.764. The second-order valence-corrected chi connectivity index (χ2v) is 10.2. The highest BCUT2D eigenvalue weighted by Crippen LogP contribution is 2.77. The fraction of sp³-hybridized carbons (Fsp3) is 0.750.